The van der Waals surface area contributed by atoms with Gasteiger partial charge < -0.3 is 69.9 Å². The van der Waals surface area contributed by atoms with Gasteiger partial charge in [0.1, 0.15) is 36.3 Å². The highest BCUT2D eigenvalue weighted by atomic mass is 32.1. The molecule has 1 aromatic carbocycles. The number of rotatable bonds is 31. The minimum Gasteiger partial charge on any atom is -0.480 e. The average molecular weight is 956 g/mol. The minimum atomic E-state index is -1.61. The fourth-order valence-corrected chi connectivity index (χ4v) is 6.28. The van der Waals surface area contributed by atoms with Crippen LogP contribution in [0, 0.1) is 5.92 Å². The molecule has 0 aliphatic carbocycles. The van der Waals surface area contributed by atoms with E-state index in [1.54, 1.807) is 44.2 Å². The molecule has 8 atom stereocenters. The highest BCUT2D eigenvalue weighted by Gasteiger charge is 2.33. The molecule has 65 heavy (non-hydrogen) atoms. The number of thiol groups is 2. The van der Waals surface area contributed by atoms with Gasteiger partial charge in [0, 0.05) is 24.3 Å². The second-order valence-corrected chi connectivity index (χ2v) is 16.2. The van der Waals surface area contributed by atoms with Gasteiger partial charge in [-0.2, -0.15) is 25.3 Å². The van der Waals surface area contributed by atoms with Crippen LogP contribution >= 0.6 is 25.3 Å². The number of carboxylic acids is 1. The maximum atomic E-state index is 13.7. The van der Waals surface area contributed by atoms with Crippen LogP contribution in [0.15, 0.2) is 30.3 Å². The number of primary amides is 1. The highest BCUT2D eigenvalue weighted by Crippen LogP contribution is 2.10. The van der Waals surface area contributed by atoms with Crippen LogP contribution in [0.4, 0.5) is 0 Å². The number of carboxylic acid groups (broad SMARTS) is 1. The molecule has 0 radical (unpaired) electrons. The van der Waals surface area contributed by atoms with Crippen molar-refractivity contribution in [2.45, 2.75) is 114 Å². The number of aliphatic hydroxyl groups is 1. The Bertz CT molecular complexity index is 1780. The van der Waals surface area contributed by atoms with Gasteiger partial charge in [0.25, 0.3) is 0 Å². The lowest BCUT2D eigenvalue weighted by molar-refractivity contribution is -0.141. The summed E-state index contributed by atoms with van der Waals surface area (Å²) in [6.07, 6.45) is -1.23. The fourth-order valence-electron chi connectivity index (χ4n) is 5.87. The van der Waals surface area contributed by atoms with E-state index in [9.17, 15) is 58.2 Å². The van der Waals surface area contributed by atoms with Gasteiger partial charge in [-0.05, 0) is 57.1 Å². The van der Waals surface area contributed by atoms with Crippen LogP contribution in [0.2, 0.25) is 0 Å². The van der Waals surface area contributed by atoms with Gasteiger partial charge in [0.05, 0.1) is 25.2 Å². The Morgan fingerprint density at radius 1 is 0.631 bits per heavy atom. The highest BCUT2D eigenvalue weighted by molar-refractivity contribution is 7.80. The van der Waals surface area contributed by atoms with Crippen molar-refractivity contribution in [1.29, 1.82) is 0 Å². The van der Waals surface area contributed by atoms with Gasteiger partial charge in [-0.1, -0.05) is 44.2 Å². The SMILES string of the molecule is CC(C)C[C@H](NC(=O)[C@@H](NC(=O)CNC(=O)CNC(=O)[C@H](CCCCN)NC(=O)[C@H](CCC(N)=O)NC(=O)[C@H](Cc1ccccc1)NC(=O)[C@@H](N)CS)[C@@H](C)O)C(=O)N[C@@H](CS)C(=O)O. The number of nitrogens with two attached hydrogens (primary N) is 3. The summed E-state index contributed by atoms with van der Waals surface area (Å²) in [6.45, 7) is 3.53. The van der Waals surface area contributed by atoms with Gasteiger partial charge in [0.2, 0.25) is 53.2 Å². The van der Waals surface area contributed by atoms with Crippen LogP contribution in [-0.4, -0.2) is 149 Å². The zero-order valence-electron chi connectivity index (χ0n) is 36.7. The second kappa shape index (κ2) is 30.6. The van der Waals surface area contributed by atoms with Crippen molar-refractivity contribution in [2.75, 3.05) is 31.1 Å². The number of carbonyl (C=O) groups is 10. The Hall–Kier alpha value is -5.50. The third-order valence-corrected chi connectivity index (χ3v) is 10.2. The average Bonchev–Trinajstić information content (AvgIpc) is 3.25. The first-order valence-electron chi connectivity index (χ1n) is 20.9. The van der Waals surface area contributed by atoms with Gasteiger partial charge in [-0.25, -0.2) is 4.79 Å². The van der Waals surface area contributed by atoms with E-state index in [0.717, 1.165) is 0 Å². The molecule has 0 heterocycles. The van der Waals surface area contributed by atoms with E-state index in [4.69, 9.17) is 17.2 Å². The molecule has 0 aliphatic rings. The maximum absolute atomic E-state index is 13.7. The number of carbonyl (C=O) groups excluding carboxylic acids is 9. The second-order valence-electron chi connectivity index (χ2n) is 15.5. The van der Waals surface area contributed by atoms with E-state index >= 15 is 0 Å². The monoisotopic (exact) mass is 955 g/mol. The van der Waals surface area contributed by atoms with Crippen LogP contribution in [0.5, 0.6) is 0 Å². The summed E-state index contributed by atoms with van der Waals surface area (Å²) in [4.78, 5) is 128. The Balaban J connectivity index is 3.05. The molecule has 0 saturated heterocycles. The van der Waals surface area contributed by atoms with Gasteiger partial charge in [-0.15, -0.1) is 0 Å². The normalized spacial score (nSPS) is 14.7. The number of amides is 9. The number of unbranched alkanes of at least 4 members (excludes halogenated alkanes) is 1. The van der Waals surface area contributed by atoms with Crippen LogP contribution in [0.3, 0.4) is 0 Å². The molecule has 9 amide bonds. The number of nitrogens with one attached hydrogen (secondary N) is 8. The molecular formula is C40H65N11O12S2. The quantitative estimate of drug-likeness (QED) is 0.0246. The van der Waals surface area contributed by atoms with Crippen molar-refractivity contribution in [3.63, 3.8) is 0 Å². The van der Waals surface area contributed by atoms with E-state index in [1.165, 1.54) is 6.92 Å². The molecule has 25 heteroatoms. The predicted octanol–water partition coefficient (Wildman–Crippen LogP) is -4.54. The molecule has 0 spiro atoms. The topological polar surface area (TPSA) is 385 Å². The summed E-state index contributed by atoms with van der Waals surface area (Å²) < 4.78 is 0. The Kier molecular flexibility index (Phi) is 27.1. The van der Waals surface area contributed by atoms with Crippen molar-refractivity contribution in [3.05, 3.63) is 35.9 Å². The third-order valence-electron chi connectivity index (χ3n) is 9.43. The smallest absolute Gasteiger partial charge is 0.327 e. The molecule has 0 saturated carbocycles. The van der Waals surface area contributed by atoms with Crippen LogP contribution in [0.1, 0.15) is 64.9 Å². The number of aliphatic hydroxyl groups excluding tert-OH is 1. The summed E-state index contributed by atoms with van der Waals surface area (Å²) in [5.41, 5.74) is 17.5. The van der Waals surface area contributed by atoms with E-state index in [2.05, 4.69) is 67.8 Å². The van der Waals surface area contributed by atoms with Crippen molar-refractivity contribution in [2.24, 2.45) is 23.1 Å². The number of benzene rings is 1. The minimum absolute atomic E-state index is 0.000239. The van der Waals surface area contributed by atoms with Crippen molar-refractivity contribution in [1.82, 2.24) is 42.5 Å². The molecule has 0 bridgehead atoms. The molecule has 1 rings (SSSR count). The van der Waals surface area contributed by atoms with Crippen molar-refractivity contribution < 1.29 is 58.2 Å². The zero-order chi connectivity index (χ0) is 49.2. The molecule has 0 fully saturated rings. The third kappa shape index (κ3) is 22.8. The summed E-state index contributed by atoms with van der Waals surface area (Å²) in [5, 5.41) is 38.8. The summed E-state index contributed by atoms with van der Waals surface area (Å²) in [7, 11) is 0. The van der Waals surface area contributed by atoms with Crippen LogP contribution in [-0.2, 0) is 54.4 Å². The summed E-state index contributed by atoms with van der Waals surface area (Å²) in [6, 6.07) is -0.531. The largest absolute Gasteiger partial charge is 0.480 e. The predicted molar refractivity (Wildman–Crippen MR) is 244 cm³/mol. The van der Waals surface area contributed by atoms with Crippen LogP contribution < -0.4 is 59.7 Å². The first-order valence-corrected chi connectivity index (χ1v) is 22.2. The standard InChI is InChI=1S/C40H65N11O12S2/c1-21(2)15-27(37(59)50-29(20-65)40(62)63)49-39(61)33(22(3)52)51-32(55)18-44-31(54)17-45-35(57)25(11-7-8-14-41)46-36(58)26(12-13-30(43)53)47-38(60)28(48-34(56)24(42)19-64)16-23-9-5-4-6-10-23/h4-6,9-10,21-22,24-29,33,52,64-65H,7-8,11-20,41-42H2,1-3H3,(H2,43,53)(H,44,54)(H,45,57)(H,46,58)(H,47,60)(H,48,56)(H,49,61)(H,50,59)(H,51,55)(H,62,63)/t22-,24+,25+,26+,27+,28+,29+,33+/m1/s1. The first-order chi connectivity index (χ1) is 30.6. The van der Waals surface area contributed by atoms with Crippen molar-refractivity contribution >= 4 is 84.4 Å². The van der Waals surface area contributed by atoms with E-state index < -0.39 is 121 Å². The van der Waals surface area contributed by atoms with Crippen LogP contribution in [0.25, 0.3) is 0 Å². The Morgan fingerprint density at radius 2 is 1.17 bits per heavy atom. The number of aliphatic carboxylic acids is 1. The molecule has 364 valence electrons. The molecular weight excluding hydrogens is 891 g/mol. The first kappa shape index (κ1) is 57.5. The molecule has 0 unspecified atom stereocenters. The maximum Gasteiger partial charge on any atom is 0.327 e. The summed E-state index contributed by atoms with van der Waals surface area (Å²) in [5.74, 6) is -9.35. The van der Waals surface area contributed by atoms with Gasteiger partial charge in [-0.3, -0.25) is 43.2 Å². The molecule has 23 nitrogen and oxygen atoms in total. The van der Waals surface area contributed by atoms with E-state index in [0.29, 0.717) is 18.4 Å². The van der Waals surface area contributed by atoms with Gasteiger partial charge in [0.15, 0.2) is 0 Å². The molecule has 0 aliphatic heterocycles. The number of hydrogen-bond acceptors (Lipinski definition) is 15. The van der Waals surface area contributed by atoms with E-state index in [1.807, 2.05) is 0 Å². The summed E-state index contributed by atoms with van der Waals surface area (Å²) >= 11 is 7.95. The van der Waals surface area contributed by atoms with E-state index in [-0.39, 0.29) is 56.1 Å². The fraction of sp³-hybridized carbons (Fsp3) is 0.600. The lowest BCUT2D eigenvalue weighted by Crippen LogP contribution is -2.59. The number of hydrogen-bond donors (Lipinski definition) is 15. The molecule has 1 aromatic rings. The lowest BCUT2D eigenvalue weighted by Gasteiger charge is -2.26. The molecule has 16 N–H and O–H groups in total. The molecule has 0 aromatic heterocycles. The Labute approximate surface area is 388 Å². The van der Waals surface area contributed by atoms with Gasteiger partial charge >= 0.3 is 5.97 Å². The lowest BCUT2D eigenvalue weighted by atomic mass is 10.0. The van der Waals surface area contributed by atoms with Crippen molar-refractivity contribution in [3.8, 4) is 0 Å². The Morgan fingerprint density at radius 3 is 1.71 bits per heavy atom. The zero-order valence-corrected chi connectivity index (χ0v) is 38.5.